The van der Waals surface area contributed by atoms with Crippen LogP contribution in [0.3, 0.4) is 0 Å². The molecule has 0 aromatic rings. The normalized spacial score (nSPS) is 23.1. The van der Waals surface area contributed by atoms with Gasteiger partial charge in [-0.15, -0.1) is 23.5 Å². The Labute approximate surface area is 74.8 Å². The summed E-state index contributed by atoms with van der Waals surface area (Å²) in [5.41, 5.74) is 0. The van der Waals surface area contributed by atoms with E-state index >= 15 is 0 Å². The molecule has 1 heterocycles. The summed E-state index contributed by atoms with van der Waals surface area (Å²) in [7, 11) is 0. The molecule has 0 aromatic heterocycles. The molecule has 0 bridgehead atoms. The lowest BCUT2D eigenvalue weighted by Gasteiger charge is -2.06. The lowest BCUT2D eigenvalue weighted by molar-refractivity contribution is -0.137. The topological polar surface area (TPSA) is 26.3 Å². The number of carbonyl (C=O) groups is 1. The van der Waals surface area contributed by atoms with E-state index in [9.17, 15) is 4.79 Å². The van der Waals surface area contributed by atoms with Gasteiger partial charge in [0.05, 0.1) is 0 Å². The fraction of sp³-hybridized carbons (Fsp3) is 0.571. The van der Waals surface area contributed by atoms with E-state index in [2.05, 4.69) is 6.58 Å². The Morgan fingerprint density at radius 2 is 2.64 bits per heavy atom. The lowest BCUT2D eigenvalue weighted by atomic mass is 10.5. The SMILES string of the molecule is C=CC(=O)OCC1CSCS1. The van der Waals surface area contributed by atoms with Crippen molar-refractivity contribution in [2.45, 2.75) is 5.25 Å². The first-order valence-corrected chi connectivity index (χ1v) is 5.52. The van der Waals surface area contributed by atoms with Crippen LogP contribution in [0, 0.1) is 0 Å². The van der Waals surface area contributed by atoms with E-state index in [0.29, 0.717) is 11.9 Å². The van der Waals surface area contributed by atoms with Gasteiger partial charge in [0.25, 0.3) is 0 Å². The molecule has 0 spiro atoms. The molecule has 2 nitrogen and oxygen atoms in total. The van der Waals surface area contributed by atoms with Crippen molar-refractivity contribution in [2.24, 2.45) is 0 Å². The molecule has 1 atom stereocenters. The molecule has 62 valence electrons. The minimum Gasteiger partial charge on any atom is -0.461 e. The van der Waals surface area contributed by atoms with E-state index in [0.717, 1.165) is 10.8 Å². The van der Waals surface area contributed by atoms with Gasteiger partial charge in [0.15, 0.2) is 0 Å². The number of rotatable bonds is 3. The zero-order valence-electron chi connectivity index (χ0n) is 6.12. The van der Waals surface area contributed by atoms with Crippen LogP contribution in [0.5, 0.6) is 0 Å². The van der Waals surface area contributed by atoms with Gasteiger partial charge in [0.2, 0.25) is 0 Å². The summed E-state index contributed by atoms with van der Waals surface area (Å²) in [6.45, 7) is 3.85. The molecule has 1 unspecified atom stereocenters. The average molecular weight is 190 g/mol. The second-order valence-electron chi connectivity index (χ2n) is 2.11. The zero-order chi connectivity index (χ0) is 8.10. The van der Waals surface area contributed by atoms with Crippen molar-refractivity contribution >= 4 is 29.5 Å². The van der Waals surface area contributed by atoms with Crippen molar-refractivity contribution in [2.75, 3.05) is 17.4 Å². The summed E-state index contributed by atoms with van der Waals surface area (Å²) in [4.78, 5) is 10.6. The number of carbonyl (C=O) groups excluding carboxylic acids is 1. The maximum atomic E-state index is 10.6. The van der Waals surface area contributed by atoms with Crippen LogP contribution in [-0.2, 0) is 9.53 Å². The Balaban J connectivity index is 2.10. The van der Waals surface area contributed by atoms with Gasteiger partial charge in [-0.2, -0.15) is 0 Å². The molecule has 11 heavy (non-hydrogen) atoms. The molecule has 0 saturated carbocycles. The summed E-state index contributed by atoms with van der Waals surface area (Å²) < 4.78 is 4.88. The van der Waals surface area contributed by atoms with Crippen LogP contribution >= 0.6 is 23.5 Å². The van der Waals surface area contributed by atoms with Crippen LogP contribution in [0.4, 0.5) is 0 Å². The average Bonchev–Trinajstić information content (AvgIpc) is 2.52. The Morgan fingerprint density at radius 3 is 3.18 bits per heavy atom. The predicted octanol–water partition coefficient (Wildman–Crippen LogP) is 1.52. The van der Waals surface area contributed by atoms with Gasteiger partial charge in [-0.25, -0.2) is 4.79 Å². The minimum absolute atomic E-state index is 0.317. The van der Waals surface area contributed by atoms with E-state index in [-0.39, 0.29) is 5.97 Å². The van der Waals surface area contributed by atoms with Gasteiger partial charge in [-0.1, -0.05) is 6.58 Å². The highest BCUT2D eigenvalue weighted by Crippen LogP contribution is 2.29. The highest BCUT2D eigenvalue weighted by atomic mass is 32.2. The first kappa shape index (κ1) is 9.00. The Hall–Kier alpha value is -0.0900. The third-order valence-electron chi connectivity index (χ3n) is 1.27. The first-order valence-electron chi connectivity index (χ1n) is 3.31. The predicted molar refractivity (Wildman–Crippen MR) is 49.9 cm³/mol. The summed E-state index contributed by atoms with van der Waals surface area (Å²) in [6, 6.07) is 0. The van der Waals surface area contributed by atoms with Gasteiger partial charge in [0.1, 0.15) is 6.61 Å². The van der Waals surface area contributed by atoms with Crippen molar-refractivity contribution in [3.8, 4) is 0 Å². The molecule has 0 radical (unpaired) electrons. The molecule has 1 fully saturated rings. The maximum Gasteiger partial charge on any atom is 0.330 e. The van der Waals surface area contributed by atoms with Crippen LogP contribution in [-0.4, -0.2) is 28.7 Å². The van der Waals surface area contributed by atoms with Gasteiger partial charge >= 0.3 is 5.97 Å². The van der Waals surface area contributed by atoms with Crippen LogP contribution in [0.1, 0.15) is 0 Å². The zero-order valence-corrected chi connectivity index (χ0v) is 7.75. The van der Waals surface area contributed by atoms with Crippen LogP contribution in [0.2, 0.25) is 0 Å². The van der Waals surface area contributed by atoms with Crippen molar-refractivity contribution in [3.63, 3.8) is 0 Å². The minimum atomic E-state index is -0.317. The third kappa shape index (κ3) is 3.20. The molecule has 1 aliphatic heterocycles. The molecule has 0 N–H and O–H groups in total. The molecule has 0 amide bonds. The second-order valence-corrected chi connectivity index (χ2v) is 4.80. The van der Waals surface area contributed by atoms with Gasteiger partial charge < -0.3 is 4.74 Å². The fourth-order valence-electron chi connectivity index (χ4n) is 0.702. The van der Waals surface area contributed by atoms with Crippen LogP contribution in [0.25, 0.3) is 0 Å². The lowest BCUT2D eigenvalue weighted by Crippen LogP contribution is -2.14. The van der Waals surface area contributed by atoms with Crippen LogP contribution in [0.15, 0.2) is 12.7 Å². The Kier molecular flexibility index (Phi) is 3.86. The van der Waals surface area contributed by atoms with E-state index in [1.807, 2.05) is 23.5 Å². The molecule has 1 rings (SSSR count). The number of hydrogen-bond acceptors (Lipinski definition) is 4. The summed E-state index contributed by atoms with van der Waals surface area (Å²) >= 11 is 3.73. The summed E-state index contributed by atoms with van der Waals surface area (Å²) in [6.07, 6.45) is 1.20. The smallest absolute Gasteiger partial charge is 0.330 e. The quantitative estimate of drug-likeness (QED) is 0.498. The van der Waals surface area contributed by atoms with E-state index in [4.69, 9.17) is 4.74 Å². The summed E-state index contributed by atoms with van der Waals surface area (Å²) in [5.74, 6) is 0.775. The van der Waals surface area contributed by atoms with E-state index in [1.165, 1.54) is 6.08 Å². The third-order valence-corrected chi connectivity index (χ3v) is 4.10. The van der Waals surface area contributed by atoms with Gasteiger partial charge in [-0.05, 0) is 0 Å². The number of hydrogen-bond donors (Lipinski definition) is 0. The Bertz CT molecular complexity index is 153. The van der Waals surface area contributed by atoms with Crippen molar-refractivity contribution in [3.05, 3.63) is 12.7 Å². The highest BCUT2D eigenvalue weighted by molar-refractivity contribution is 8.19. The van der Waals surface area contributed by atoms with Crippen molar-refractivity contribution in [1.29, 1.82) is 0 Å². The van der Waals surface area contributed by atoms with E-state index < -0.39 is 0 Å². The second kappa shape index (κ2) is 4.72. The highest BCUT2D eigenvalue weighted by Gasteiger charge is 2.16. The van der Waals surface area contributed by atoms with Gasteiger partial charge in [0, 0.05) is 22.2 Å². The van der Waals surface area contributed by atoms with Crippen molar-refractivity contribution < 1.29 is 9.53 Å². The molecule has 0 aliphatic carbocycles. The van der Waals surface area contributed by atoms with Crippen LogP contribution < -0.4 is 0 Å². The fourth-order valence-corrected chi connectivity index (χ4v) is 3.44. The molecular weight excluding hydrogens is 180 g/mol. The number of esters is 1. The largest absolute Gasteiger partial charge is 0.461 e. The molecular formula is C7H10O2S2. The Morgan fingerprint density at radius 1 is 1.82 bits per heavy atom. The molecule has 4 heteroatoms. The monoisotopic (exact) mass is 190 g/mol. The molecule has 0 aromatic carbocycles. The number of ether oxygens (including phenoxy) is 1. The molecule has 1 saturated heterocycles. The maximum absolute atomic E-state index is 10.6. The summed E-state index contributed by atoms with van der Waals surface area (Å²) in [5, 5.41) is 1.61. The van der Waals surface area contributed by atoms with Gasteiger partial charge in [-0.3, -0.25) is 0 Å². The molecule has 1 aliphatic rings. The number of thioether (sulfide) groups is 2. The van der Waals surface area contributed by atoms with E-state index in [1.54, 1.807) is 0 Å². The standard InChI is InChI=1S/C7H10O2S2/c1-2-7(8)9-3-6-4-10-5-11-6/h2,6H,1,3-5H2. The van der Waals surface area contributed by atoms with Crippen molar-refractivity contribution in [1.82, 2.24) is 0 Å². The first-order chi connectivity index (χ1) is 5.33.